The second-order valence-corrected chi connectivity index (χ2v) is 40.3. The van der Waals surface area contributed by atoms with Gasteiger partial charge >= 0.3 is 32.5 Å². The number of rotatable bonds is 18. The van der Waals surface area contributed by atoms with E-state index in [1.165, 1.54) is 15.7 Å². The van der Waals surface area contributed by atoms with Crippen molar-refractivity contribution in [3.63, 3.8) is 0 Å². The summed E-state index contributed by atoms with van der Waals surface area (Å²) in [6.07, 6.45) is 9.09. The van der Waals surface area contributed by atoms with Crippen molar-refractivity contribution in [2.45, 2.75) is 79.1 Å². The number of pyridine rings is 9. The Kier molecular flexibility index (Phi) is 39.7. The SMILES string of the molecule is Brc1cc(Br)cc(I)c1.CC(C)(C)OC(=O)Nc1ccc(-c2cc(-c3cccc(-c4cc(-c5ccccn5)nc(-c5ccccn5)c4)c3)cc(-c3cccc(-c4cc(-c5ccccn5)nc(-c5ccccn5)c4)c3)c2)cc1.CC(C)(C)OC(=O)Nc1ccc(-c2cc(Br)cc(Br)c2)cc1.CC(C)(C)OC(=O)Nc1ccc(B(O)O)cc1.O.OB(O)c1cccc(-c2cc(-c3ccccn3)nc(-c3ccccn3)c2)c1.[Y]. The van der Waals surface area contributed by atoms with E-state index in [1.54, 1.807) is 88.3 Å². The van der Waals surface area contributed by atoms with Crippen LogP contribution in [0.2, 0.25) is 0 Å². The molecule has 0 spiro atoms. The van der Waals surface area contributed by atoms with E-state index in [9.17, 15) is 24.4 Å². The van der Waals surface area contributed by atoms with Crippen molar-refractivity contribution in [3.8, 4) is 146 Å². The first-order valence-corrected chi connectivity index (χ1v) is 49.4. The summed E-state index contributed by atoms with van der Waals surface area (Å²) in [5.74, 6) is 0. The predicted molar refractivity (Wildman–Crippen MR) is 599 cm³/mol. The summed E-state index contributed by atoms with van der Waals surface area (Å²) >= 11 is 16.0. The fourth-order valence-corrected chi connectivity index (χ4v) is 18.6. The Morgan fingerprint density at radius 3 is 0.731 bits per heavy atom. The average molecular weight is 2370 g/mol. The summed E-state index contributed by atoms with van der Waals surface area (Å²) in [7, 11) is -3.03. The van der Waals surface area contributed by atoms with Gasteiger partial charge < -0.3 is 39.8 Å². The Hall–Kier alpha value is -13.2. The first kappa shape index (κ1) is 111. The Morgan fingerprint density at radius 1 is 0.255 bits per heavy atom. The van der Waals surface area contributed by atoms with Crippen molar-refractivity contribution in [2.24, 2.45) is 0 Å². The maximum atomic E-state index is 12.7. The normalized spacial score (nSPS) is 10.8. The number of amides is 3. The zero-order valence-electron chi connectivity index (χ0n) is 80.3. The molecule has 3 amide bonds. The molecule has 0 aliphatic heterocycles. The van der Waals surface area contributed by atoms with Crippen LogP contribution in [0.15, 0.2) is 401 Å². The van der Waals surface area contributed by atoms with E-state index in [2.05, 4.69) is 235 Å². The largest absolute Gasteiger partial charge is 0.488 e. The molecule has 18 rings (SSSR count). The molecule has 0 fully saturated rings. The van der Waals surface area contributed by atoms with Gasteiger partial charge in [0.15, 0.2) is 0 Å². The predicted octanol–water partition coefficient (Wildman–Crippen LogP) is 26.9. The van der Waals surface area contributed by atoms with Crippen molar-refractivity contribution in [3.05, 3.63) is 404 Å². The monoisotopic (exact) mass is 2370 g/mol. The van der Waals surface area contributed by atoms with E-state index in [4.69, 9.17) is 39.2 Å². The standard InChI is InChI=1S/C59H45N7O2.C21H16BN3O2.C17H17Br2NO2.C11H16BNO4.C6H3Br2I.H2O.Y/c1-59(2,3)68-58(67)64-49-24-22-39(23-25-49)44-32-45(40-14-12-16-42(30-40)47-35-54(50-18-4-8-26-60-50)65-55(36-47)51-19-5-9-27-61-51)34-46(33-44)41-15-13-17-43(31-41)48-37-56(52-20-6-10-28-62-52)66-57(38-48)53-21-7-11-29-63-53;26-22(27)17-7-5-6-15(12-17)16-13-20(18-8-1-3-10-23-18)25-21(14-16)19-9-2-4-11-24-19;1-17(2,3)22-16(21)20-15-6-4-11(5-7-15)12-8-13(18)10-14(19)9-12;1-11(2,3)17-10(14)13-9-6-4-8(5-7-9)12(15)16;7-4-1-5(8)3-6(9)2-4;;/h4-38H,1-3H3,(H,64,67);1-14,26-27H;4-10H,1-3H3,(H,20,21);4-7,15-16H,1-3H3,(H,13,14);1-3H;1H2;. The molecule has 0 aliphatic carbocycles. The second kappa shape index (κ2) is 52.0. The van der Waals surface area contributed by atoms with Gasteiger partial charge in [-0.3, -0.25) is 45.9 Å². The number of ether oxygens (including phenoxy) is 3. The molecule has 9 aromatic heterocycles. The summed E-state index contributed by atoms with van der Waals surface area (Å²) in [4.78, 5) is 77.9. The third kappa shape index (κ3) is 33.7. The summed E-state index contributed by atoms with van der Waals surface area (Å²) in [6, 6.07) is 112. The Bertz CT molecular complexity index is 6980. The van der Waals surface area contributed by atoms with Gasteiger partial charge in [-0.2, -0.15) is 0 Å². The van der Waals surface area contributed by atoms with Gasteiger partial charge in [0.25, 0.3) is 0 Å². The first-order valence-electron chi connectivity index (χ1n) is 45.2. The molecule has 0 bridgehead atoms. The van der Waals surface area contributed by atoms with E-state index >= 15 is 0 Å². The van der Waals surface area contributed by atoms with Crippen molar-refractivity contribution >= 4 is 147 Å². The van der Waals surface area contributed by atoms with Crippen LogP contribution in [-0.2, 0) is 46.9 Å². The molecule has 23 nitrogen and oxygen atoms in total. The molecule has 1 radical (unpaired) electrons. The molecule has 0 saturated carbocycles. The van der Waals surface area contributed by atoms with Crippen molar-refractivity contribution < 1.29 is 86.9 Å². The summed E-state index contributed by atoms with van der Waals surface area (Å²) in [5.41, 5.74) is 24.2. The molecular formula is C114H99B2Br4IN12O11Y. The zero-order valence-corrected chi connectivity index (χ0v) is 91.6. The van der Waals surface area contributed by atoms with Gasteiger partial charge in [0.1, 0.15) is 16.8 Å². The van der Waals surface area contributed by atoms with E-state index in [0.29, 0.717) is 28.0 Å². The van der Waals surface area contributed by atoms with Crippen LogP contribution in [0.1, 0.15) is 62.3 Å². The van der Waals surface area contributed by atoms with Crippen LogP contribution in [0, 0.1) is 3.57 Å². The minimum absolute atomic E-state index is 0. The van der Waals surface area contributed by atoms with E-state index in [1.807, 2.05) is 242 Å². The van der Waals surface area contributed by atoms with Crippen LogP contribution >= 0.6 is 86.3 Å². The maximum absolute atomic E-state index is 12.7. The smallest absolute Gasteiger partial charge is 0.444 e. The van der Waals surface area contributed by atoms with Gasteiger partial charge in [0.05, 0.1) is 68.3 Å². The van der Waals surface area contributed by atoms with Crippen LogP contribution in [0.3, 0.4) is 0 Å². The van der Waals surface area contributed by atoms with Gasteiger partial charge in [0.2, 0.25) is 0 Å². The van der Waals surface area contributed by atoms with Gasteiger partial charge in [-0.1, -0.05) is 197 Å². The molecule has 9 aromatic carbocycles. The molecule has 0 saturated heterocycles. The molecule has 9 N–H and O–H groups in total. The van der Waals surface area contributed by atoms with Crippen LogP contribution in [-0.4, -0.2) is 120 Å². The third-order valence-electron chi connectivity index (χ3n) is 20.8. The number of carbonyl (C=O) groups is 3. The van der Waals surface area contributed by atoms with Crippen LogP contribution in [0.4, 0.5) is 31.4 Å². The molecule has 9 heterocycles. The summed E-state index contributed by atoms with van der Waals surface area (Å²) in [6.45, 7) is 16.4. The topological polar surface area (TPSA) is 343 Å². The molecule has 145 heavy (non-hydrogen) atoms. The number of halogens is 5. The van der Waals surface area contributed by atoms with E-state index in [0.717, 1.165) is 164 Å². The molecular weight excluding hydrogens is 2270 g/mol. The van der Waals surface area contributed by atoms with Gasteiger partial charge in [-0.15, -0.1) is 0 Å². The fraction of sp³-hybridized carbons (Fsp3) is 0.105. The fourth-order valence-electron chi connectivity index (χ4n) is 14.5. The molecule has 0 unspecified atom stereocenters. The minimum Gasteiger partial charge on any atom is -0.444 e. The molecule has 31 heteroatoms. The molecule has 725 valence electrons. The van der Waals surface area contributed by atoms with Crippen molar-refractivity contribution in [2.75, 3.05) is 16.0 Å². The number of anilines is 3. The van der Waals surface area contributed by atoms with E-state index < -0.39 is 49.3 Å². The number of nitrogens with one attached hydrogen (secondary N) is 3. The Morgan fingerprint density at radius 2 is 0.483 bits per heavy atom. The summed E-state index contributed by atoms with van der Waals surface area (Å²) in [5, 5.41) is 44.9. The number of nitrogens with zero attached hydrogens (tertiary/aromatic N) is 9. The number of hydrogen-bond donors (Lipinski definition) is 7. The maximum Gasteiger partial charge on any atom is 0.488 e. The number of hydrogen-bond acceptors (Lipinski definition) is 19. The first-order chi connectivity index (χ1) is 68.6. The number of carbonyl (C=O) groups excluding carboxylic acids is 3. The average Bonchev–Trinajstić information content (AvgIpc) is 0.782. The number of benzene rings is 9. The number of aromatic nitrogens is 9. The van der Waals surface area contributed by atoms with Crippen molar-refractivity contribution in [1.29, 1.82) is 0 Å². The van der Waals surface area contributed by atoms with Crippen molar-refractivity contribution in [1.82, 2.24) is 44.9 Å². The minimum atomic E-state index is -1.52. The summed E-state index contributed by atoms with van der Waals surface area (Å²) < 4.78 is 21.3. The van der Waals surface area contributed by atoms with Crippen LogP contribution < -0.4 is 26.9 Å². The third-order valence-corrected chi connectivity index (χ3v) is 23.3. The second-order valence-electron chi connectivity index (χ2n) is 35.4. The molecule has 18 aromatic rings. The zero-order chi connectivity index (χ0) is 101. The van der Waals surface area contributed by atoms with Crippen LogP contribution in [0.5, 0.6) is 0 Å². The Labute approximate surface area is 915 Å². The van der Waals surface area contributed by atoms with Gasteiger partial charge in [-0.05, 0) is 386 Å². The molecule has 0 aliphatic rings. The van der Waals surface area contributed by atoms with Gasteiger partial charge in [-0.25, -0.2) is 29.3 Å². The quantitative estimate of drug-likeness (QED) is 0.0238. The Balaban J connectivity index is 0.000000197. The van der Waals surface area contributed by atoms with E-state index in [-0.39, 0.29) is 38.2 Å². The molecule has 0 atom stereocenters. The van der Waals surface area contributed by atoms with Gasteiger partial charge in [0, 0.05) is 108 Å². The van der Waals surface area contributed by atoms with Crippen LogP contribution in [0.25, 0.3) is 146 Å².